The SMILES string of the molecule is CCCCN(CC)S(=O)(=O)c1ccc(CC)c(CN)c1. The zero-order chi connectivity index (χ0) is 15.2. The Balaban J connectivity index is 3.13. The molecule has 0 heterocycles. The Morgan fingerprint density at radius 2 is 1.85 bits per heavy atom. The van der Waals surface area contributed by atoms with E-state index in [0.29, 0.717) is 24.5 Å². The Morgan fingerprint density at radius 3 is 2.35 bits per heavy atom. The van der Waals surface area contributed by atoms with Gasteiger partial charge in [0.05, 0.1) is 4.90 Å². The van der Waals surface area contributed by atoms with Crippen LogP contribution in [-0.4, -0.2) is 25.8 Å². The molecule has 0 saturated carbocycles. The van der Waals surface area contributed by atoms with Crippen molar-refractivity contribution in [3.05, 3.63) is 29.3 Å². The average Bonchev–Trinajstić information content (AvgIpc) is 2.46. The van der Waals surface area contributed by atoms with Gasteiger partial charge in [0.15, 0.2) is 0 Å². The Labute approximate surface area is 123 Å². The molecule has 1 aromatic rings. The number of hydrogen-bond donors (Lipinski definition) is 1. The van der Waals surface area contributed by atoms with Crippen LogP contribution in [0.25, 0.3) is 0 Å². The largest absolute Gasteiger partial charge is 0.326 e. The van der Waals surface area contributed by atoms with Crippen molar-refractivity contribution in [1.29, 1.82) is 0 Å². The monoisotopic (exact) mass is 298 g/mol. The second-order valence-electron chi connectivity index (χ2n) is 4.84. The number of hydrogen-bond acceptors (Lipinski definition) is 3. The molecule has 0 saturated heterocycles. The van der Waals surface area contributed by atoms with Gasteiger partial charge in [0.1, 0.15) is 0 Å². The van der Waals surface area contributed by atoms with Gasteiger partial charge in [0.25, 0.3) is 0 Å². The first kappa shape index (κ1) is 17.1. The smallest absolute Gasteiger partial charge is 0.243 e. The van der Waals surface area contributed by atoms with Crippen LogP contribution in [-0.2, 0) is 23.0 Å². The normalized spacial score (nSPS) is 12.1. The summed E-state index contributed by atoms with van der Waals surface area (Å²) in [7, 11) is -3.40. The molecule has 0 spiro atoms. The lowest BCUT2D eigenvalue weighted by molar-refractivity contribution is 0.419. The van der Waals surface area contributed by atoms with Gasteiger partial charge in [0, 0.05) is 19.6 Å². The van der Waals surface area contributed by atoms with Gasteiger partial charge in [-0.25, -0.2) is 8.42 Å². The van der Waals surface area contributed by atoms with E-state index in [1.165, 1.54) is 4.31 Å². The zero-order valence-electron chi connectivity index (χ0n) is 12.7. The number of unbranched alkanes of at least 4 members (excludes halogenated alkanes) is 1. The maximum atomic E-state index is 12.6. The number of nitrogens with two attached hydrogens (primary N) is 1. The van der Waals surface area contributed by atoms with Crippen molar-refractivity contribution in [2.75, 3.05) is 13.1 Å². The van der Waals surface area contributed by atoms with Crippen molar-refractivity contribution in [2.45, 2.75) is 51.5 Å². The lowest BCUT2D eigenvalue weighted by Crippen LogP contribution is -2.32. The minimum atomic E-state index is -3.40. The quantitative estimate of drug-likeness (QED) is 0.802. The molecule has 1 rings (SSSR count). The van der Waals surface area contributed by atoms with E-state index in [9.17, 15) is 8.42 Å². The number of nitrogens with zero attached hydrogens (tertiary/aromatic N) is 1. The molecule has 0 unspecified atom stereocenters. The molecule has 2 N–H and O–H groups in total. The molecule has 5 heteroatoms. The molecule has 0 aliphatic heterocycles. The first-order valence-electron chi connectivity index (χ1n) is 7.33. The molecule has 1 aromatic carbocycles. The molecule has 20 heavy (non-hydrogen) atoms. The second-order valence-corrected chi connectivity index (χ2v) is 6.78. The fourth-order valence-electron chi connectivity index (χ4n) is 2.23. The van der Waals surface area contributed by atoms with Crippen molar-refractivity contribution in [3.8, 4) is 0 Å². The van der Waals surface area contributed by atoms with Crippen LogP contribution < -0.4 is 5.73 Å². The second kappa shape index (κ2) is 7.76. The van der Waals surface area contributed by atoms with Gasteiger partial charge in [0.2, 0.25) is 10.0 Å². The van der Waals surface area contributed by atoms with Gasteiger partial charge < -0.3 is 5.73 Å². The molecular formula is C15H26N2O2S. The average molecular weight is 298 g/mol. The summed E-state index contributed by atoms with van der Waals surface area (Å²) in [4.78, 5) is 0.355. The van der Waals surface area contributed by atoms with Crippen molar-refractivity contribution < 1.29 is 8.42 Å². The molecule has 0 aliphatic rings. The predicted octanol–water partition coefficient (Wildman–Crippen LogP) is 2.52. The van der Waals surface area contributed by atoms with Crippen molar-refractivity contribution in [2.24, 2.45) is 5.73 Å². The van der Waals surface area contributed by atoms with Crippen molar-refractivity contribution in [3.63, 3.8) is 0 Å². The number of sulfonamides is 1. The molecule has 0 aliphatic carbocycles. The van der Waals surface area contributed by atoms with Gasteiger partial charge in [-0.15, -0.1) is 0 Å². The van der Waals surface area contributed by atoms with Gasteiger partial charge in [-0.2, -0.15) is 4.31 Å². The molecule has 0 bridgehead atoms. The van der Waals surface area contributed by atoms with Gasteiger partial charge in [-0.3, -0.25) is 0 Å². The maximum absolute atomic E-state index is 12.6. The van der Waals surface area contributed by atoms with E-state index in [2.05, 4.69) is 6.92 Å². The molecule has 4 nitrogen and oxygen atoms in total. The van der Waals surface area contributed by atoms with E-state index >= 15 is 0 Å². The third-order valence-corrected chi connectivity index (χ3v) is 5.50. The summed E-state index contributed by atoms with van der Waals surface area (Å²) in [5, 5.41) is 0. The molecule has 0 fully saturated rings. The van der Waals surface area contributed by atoms with Crippen LogP contribution in [0.1, 0.15) is 44.7 Å². The molecule has 0 atom stereocenters. The molecule has 0 radical (unpaired) electrons. The molecule has 114 valence electrons. The standard InChI is InChI=1S/C15H26N2O2S/c1-4-7-10-17(6-3)20(18,19)15-9-8-13(5-2)14(11-15)12-16/h8-9,11H,4-7,10,12,16H2,1-3H3. The maximum Gasteiger partial charge on any atom is 0.243 e. The Bertz CT molecular complexity index is 527. The first-order valence-corrected chi connectivity index (χ1v) is 8.77. The molecule has 0 aromatic heterocycles. The fraction of sp³-hybridized carbons (Fsp3) is 0.600. The summed E-state index contributed by atoms with van der Waals surface area (Å²) < 4.78 is 26.8. The van der Waals surface area contributed by atoms with E-state index in [0.717, 1.165) is 30.4 Å². The van der Waals surface area contributed by atoms with E-state index in [1.54, 1.807) is 12.1 Å². The highest BCUT2D eigenvalue weighted by Gasteiger charge is 2.23. The van der Waals surface area contributed by atoms with Crippen LogP contribution in [0, 0.1) is 0 Å². The summed E-state index contributed by atoms with van der Waals surface area (Å²) in [6, 6.07) is 5.30. The third-order valence-electron chi connectivity index (χ3n) is 3.53. The number of benzene rings is 1. The summed E-state index contributed by atoms with van der Waals surface area (Å²) in [6.07, 6.45) is 2.72. The fourth-order valence-corrected chi connectivity index (χ4v) is 3.77. The van der Waals surface area contributed by atoms with Crippen LogP contribution in [0.2, 0.25) is 0 Å². The third kappa shape index (κ3) is 3.81. The Kier molecular flexibility index (Phi) is 6.65. The van der Waals surface area contributed by atoms with Crippen LogP contribution in [0.15, 0.2) is 23.1 Å². The van der Waals surface area contributed by atoms with Crippen LogP contribution in [0.3, 0.4) is 0 Å². The van der Waals surface area contributed by atoms with Crippen LogP contribution in [0.5, 0.6) is 0 Å². The van der Waals surface area contributed by atoms with Gasteiger partial charge >= 0.3 is 0 Å². The van der Waals surface area contributed by atoms with Crippen LogP contribution in [0.4, 0.5) is 0 Å². The Morgan fingerprint density at radius 1 is 1.15 bits per heavy atom. The van der Waals surface area contributed by atoms with E-state index in [1.807, 2.05) is 19.9 Å². The minimum Gasteiger partial charge on any atom is -0.326 e. The summed E-state index contributed by atoms with van der Waals surface area (Å²) in [5.74, 6) is 0. The highest BCUT2D eigenvalue weighted by Crippen LogP contribution is 2.20. The summed E-state index contributed by atoms with van der Waals surface area (Å²) >= 11 is 0. The lowest BCUT2D eigenvalue weighted by atomic mass is 10.1. The first-order chi connectivity index (χ1) is 9.51. The van der Waals surface area contributed by atoms with Crippen LogP contribution >= 0.6 is 0 Å². The summed E-state index contributed by atoms with van der Waals surface area (Å²) in [5.41, 5.74) is 7.75. The Hall–Kier alpha value is -0.910. The van der Waals surface area contributed by atoms with E-state index < -0.39 is 10.0 Å². The molecule has 0 amide bonds. The zero-order valence-corrected chi connectivity index (χ0v) is 13.5. The van der Waals surface area contributed by atoms with Crippen molar-refractivity contribution >= 4 is 10.0 Å². The topological polar surface area (TPSA) is 63.4 Å². The van der Waals surface area contributed by atoms with Crippen molar-refractivity contribution in [1.82, 2.24) is 4.31 Å². The minimum absolute atomic E-state index is 0.355. The lowest BCUT2D eigenvalue weighted by Gasteiger charge is -2.21. The van der Waals surface area contributed by atoms with E-state index in [4.69, 9.17) is 5.73 Å². The number of rotatable bonds is 8. The highest BCUT2D eigenvalue weighted by molar-refractivity contribution is 7.89. The van der Waals surface area contributed by atoms with E-state index in [-0.39, 0.29) is 0 Å². The number of aryl methyl sites for hydroxylation is 1. The van der Waals surface area contributed by atoms with Gasteiger partial charge in [-0.05, 0) is 36.1 Å². The summed E-state index contributed by atoms with van der Waals surface area (Å²) in [6.45, 7) is 7.41. The predicted molar refractivity (Wildman–Crippen MR) is 83.1 cm³/mol. The highest BCUT2D eigenvalue weighted by atomic mass is 32.2. The van der Waals surface area contributed by atoms with Gasteiger partial charge in [-0.1, -0.05) is 33.3 Å². The molecular weight excluding hydrogens is 272 g/mol.